The van der Waals surface area contributed by atoms with Crippen LogP contribution in [0.25, 0.3) is 0 Å². The Balaban J connectivity index is 2.56. The van der Waals surface area contributed by atoms with Crippen LogP contribution in [0.4, 0.5) is 0 Å². The first-order valence-electron chi connectivity index (χ1n) is 4.82. The molecular weight excluding hydrogens is 180 g/mol. The zero-order valence-corrected chi connectivity index (χ0v) is 8.40. The maximum Gasteiger partial charge on any atom is 0.289 e. The highest BCUT2D eigenvalue weighted by molar-refractivity contribution is 5.91. The molecule has 0 unspecified atom stereocenters. The Kier molecular flexibility index (Phi) is 4.19. The molecular formula is C10H16N2O2. The molecule has 1 amide bonds. The van der Waals surface area contributed by atoms with Crippen molar-refractivity contribution >= 4 is 5.91 Å². The molecule has 1 heterocycles. The number of nitrogens with zero attached hydrogens (tertiary/aromatic N) is 1. The van der Waals surface area contributed by atoms with Crippen molar-refractivity contribution in [3.8, 4) is 0 Å². The number of carbonyl (C=O) groups excluding carboxylic acids is 1. The third-order valence-corrected chi connectivity index (χ3v) is 2.03. The molecule has 0 aliphatic heterocycles. The van der Waals surface area contributed by atoms with Crippen molar-refractivity contribution in [1.82, 2.24) is 4.90 Å². The van der Waals surface area contributed by atoms with Crippen LogP contribution in [0, 0.1) is 0 Å². The van der Waals surface area contributed by atoms with Gasteiger partial charge in [0, 0.05) is 13.1 Å². The van der Waals surface area contributed by atoms with Gasteiger partial charge in [0.2, 0.25) is 0 Å². The number of rotatable bonds is 5. The van der Waals surface area contributed by atoms with E-state index in [9.17, 15) is 4.79 Å². The summed E-state index contributed by atoms with van der Waals surface area (Å²) in [4.78, 5) is 13.5. The molecule has 0 aliphatic carbocycles. The standard InChI is InChI=1S/C10H16N2O2/c1-2-12(7-4-6-11)10(13)9-5-3-8-14-9/h3,5,8H,2,4,6-7,11H2,1H3. The van der Waals surface area contributed by atoms with Gasteiger partial charge < -0.3 is 15.1 Å². The molecule has 1 aromatic heterocycles. The number of carbonyl (C=O) groups is 1. The highest BCUT2D eigenvalue weighted by Gasteiger charge is 2.15. The van der Waals surface area contributed by atoms with E-state index in [1.165, 1.54) is 6.26 Å². The van der Waals surface area contributed by atoms with Gasteiger partial charge in [-0.05, 0) is 32.0 Å². The quantitative estimate of drug-likeness (QED) is 0.766. The van der Waals surface area contributed by atoms with Crippen molar-refractivity contribution < 1.29 is 9.21 Å². The third-order valence-electron chi connectivity index (χ3n) is 2.03. The number of furan rings is 1. The molecule has 0 saturated carbocycles. The van der Waals surface area contributed by atoms with Crippen LogP contribution >= 0.6 is 0 Å². The molecule has 4 heteroatoms. The van der Waals surface area contributed by atoms with Crippen molar-refractivity contribution in [2.45, 2.75) is 13.3 Å². The van der Waals surface area contributed by atoms with Gasteiger partial charge in [0.25, 0.3) is 5.91 Å². The summed E-state index contributed by atoms with van der Waals surface area (Å²) in [5.74, 6) is 0.329. The zero-order valence-electron chi connectivity index (χ0n) is 8.40. The average molecular weight is 196 g/mol. The molecule has 78 valence electrons. The molecule has 0 radical (unpaired) electrons. The van der Waals surface area contributed by atoms with E-state index in [2.05, 4.69) is 0 Å². The highest BCUT2D eigenvalue weighted by Crippen LogP contribution is 2.05. The van der Waals surface area contributed by atoms with Crippen LogP contribution < -0.4 is 5.73 Å². The minimum Gasteiger partial charge on any atom is -0.459 e. The van der Waals surface area contributed by atoms with E-state index in [4.69, 9.17) is 10.2 Å². The molecule has 14 heavy (non-hydrogen) atoms. The van der Waals surface area contributed by atoms with E-state index in [-0.39, 0.29) is 5.91 Å². The number of hydrogen-bond donors (Lipinski definition) is 1. The fraction of sp³-hybridized carbons (Fsp3) is 0.500. The topological polar surface area (TPSA) is 59.5 Å². The summed E-state index contributed by atoms with van der Waals surface area (Å²) in [5.41, 5.74) is 5.39. The molecule has 0 fully saturated rings. The second-order valence-electron chi connectivity index (χ2n) is 3.00. The summed E-state index contributed by atoms with van der Waals surface area (Å²) < 4.78 is 5.04. The molecule has 1 rings (SSSR count). The van der Waals surface area contributed by atoms with E-state index >= 15 is 0 Å². The van der Waals surface area contributed by atoms with Crippen LogP contribution in [0.15, 0.2) is 22.8 Å². The third kappa shape index (κ3) is 2.60. The fourth-order valence-electron chi connectivity index (χ4n) is 1.24. The lowest BCUT2D eigenvalue weighted by Crippen LogP contribution is -2.32. The monoisotopic (exact) mass is 196 g/mol. The van der Waals surface area contributed by atoms with Gasteiger partial charge in [0.15, 0.2) is 5.76 Å². The molecule has 0 aromatic carbocycles. The predicted octanol–water partition coefficient (Wildman–Crippen LogP) is 1.09. The van der Waals surface area contributed by atoms with Crippen LogP contribution in [0.1, 0.15) is 23.9 Å². The Bertz CT molecular complexity index is 270. The first kappa shape index (κ1) is 10.8. The van der Waals surface area contributed by atoms with Crippen LogP contribution in [-0.2, 0) is 0 Å². The first-order valence-corrected chi connectivity index (χ1v) is 4.82. The summed E-state index contributed by atoms with van der Waals surface area (Å²) in [5, 5.41) is 0. The minimum atomic E-state index is -0.0639. The van der Waals surface area contributed by atoms with Crippen molar-refractivity contribution in [3.63, 3.8) is 0 Å². The van der Waals surface area contributed by atoms with Gasteiger partial charge in [-0.25, -0.2) is 0 Å². The fourth-order valence-corrected chi connectivity index (χ4v) is 1.24. The van der Waals surface area contributed by atoms with Crippen LogP contribution in [-0.4, -0.2) is 30.4 Å². The van der Waals surface area contributed by atoms with Crippen molar-refractivity contribution in [1.29, 1.82) is 0 Å². The maximum atomic E-state index is 11.7. The first-order chi connectivity index (χ1) is 6.79. The van der Waals surface area contributed by atoms with Gasteiger partial charge in [-0.15, -0.1) is 0 Å². The molecule has 0 spiro atoms. The smallest absolute Gasteiger partial charge is 0.289 e. The Labute approximate surface area is 83.7 Å². The summed E-state index contributed by atoms with van der Waals surface area (Å²) >= 11 is 0. The summed E-state index contributed by atoms with van der Waals surface area (Å²) in [6.07, 6.45) is 2.32. The predicted molar refractivity (Wildman–Crippen MR) is 54.0 cm³/mol. The largest absolute Gasteiger partial charge is 0.459 e. The van der Waals surface area contributed by atoms with Crippen molar-refractivity contribution in [3.05, 3.63) is 24.2 Å². The van der Waals surface area contributed by atoms with Crippen LogP contribution in [0.2, 0.25) is 0 Å². The molecule has 0 aliphatic rings. The van der Waals surface area contributed by atoms with Gasteiger partial charge >= 0.3 is 0 Å². The maximum absolute atomic E-state index is 11.7. The Morgan fingerprint density at radius 3 is 2.93 bits per heavy atom. The van der Waals surface area contributed by atoms with E-state index < -0.39 is 0 Å². The summed E-state index contributed by atoms with van der Waals surface area (Å²) in [6, 6.07) is 3.39. The Hall–Kier alpha value is -1.29. The molecule has 0 saturated heterocycles. The lowest BCUT2D eigenvalue weighted by atomic mass is 10.3. The second kappa shape index (κ2) is 5.44. The Morgan fingerprint density at radius 2 is 2.43 bits per heavy atom. The molecule has 0 bridgehead atoms. The number of nitrogens with two attached hydrogens (primary N) is 1. The number of amides is 1. The van der Waals surface area contributed by atoms with Crippen LogP contribution in [0.3, 0.4) is 0 Å². The van der Waals surface area contributed by atoms with Crippen molar-refractivity contribution in [2.24, 2.45) is 5.73 Å². The van der Waals surface area contributed by atoms with Gasteiger partial charge in [-0.1, -0.05) is 0 Å². The highest BCUT2D eigenvalue weighted by atomic mass is 16.3. The number of hydrogen-bond acceptors (Lipinski definition) is 3. The van der Waals surface area contributed by atoms with E-state index in [1.54, 1.807) is 17.0 Å². The van der Waals surface area contributed by atoms with E-state index in [1.807, 2.05) is 6.92 Å². The molecule has 2 N–H and O–H groups in total. The van der Waals surface area contributed by atoms with E-state index in [0.29, 0.717) is 25.4 Å². The van der Waals surface area contributed by atoms with E-state index in [0.717, 1.165) is 6.42 Å². The lowest BCUT2D eigenvalue weighted by Gasteiger charge is -2.18. The SMILES string of the molecule is CCN(CCCN)C(=O)c1ccco1. The van der Waals surface area contributed by atoms with Gasteiger partial charge in [0.05, 0.1) is 6.26 Å². The summed E-state index contributed by atoms with van der Waals surface area (Å²) in [6.45, 7) is 3.91. The van der Waals surface area contributed by atoms with Gasteiger partial charge in [-0.3, -0.25) is 4.79 Å². The second-order valence-corrected chi connectivity index (χ2v) is 3.00. The zero-order chi connectivity index (χ0) is 10.4. The van der Waals surface area contributed by atoms with Gasteiger partial charge in [0.1, 0.15) is 0 Å². The average Bonchev–Trinajstić information content (AvgIpc) is 2.71. The van der Waals surface area contributed by atoms with Crippen molar-refractivity contribution in [2.75, 3.05) is 19.6 Å². The van der Waals surface area contributed by atoms with Crippen LogP contribution in [0.5, 0.6) is 0 Å². The molecule has 1 aromatic rings. The Morgan fingerprint density at radius 1 is 1.64 bits per heavy atom. The minimum absolute atomic E-state index is 0.0639. The molecule has 4 nitrogen and oxygen atoms in total. The van der Waals surface area contributed by atoms with Gasteiger partial charge in [-0.2, -0.15) is 0 Å². The summed E-state index contributed by atoms with van der Waals surface area (Å²) in [7, 11) is 0. The molecule has 0 atom stereocenters. The normalized spacial score (nSPS) is 10.1. The lowest BCUT2D eigenvalue weighted by molar-refractivity contribution is 0.0731.